The van der Waals surface area contributed by atoms with E-state index in [1.165, 1.54) is 11.1 Å². The Morgan fingerprint density at radius 1 is 0.889 bits per heavy atom. The minimum absolute atomic E-state index is 0.530. The summed E-state index contributed by atoms with van der Waals surface area (Å²) >= 11 is 0. The van der Waals surface area contributed by atoms with E-state index in [0.717, 1.165) is 18.5 Å². The Labute approximate surface area is 164 Å². The van der Waals surface area contributed by atoms with Crippen molar-refractivity contribution in [3.8, 4) is 0 Å². The largest absolute Gasteiger partial charge is 0.550 e. The average molecular weight is 370 g/mol. The van der Waals surface area contributed by atoms with Gasteiger partial charge in [-0.1, -0.05) is 89.2 Å². The molecule has 2 aromatic carbocycles. The number of carboxylic acids is 1. The zero-order valence-electron chi connectivity index (χ0n) is 17.4. The van der Waals surface area contributed by atoms with Gasteiger partial charge in [-0.25, -0.2) is 0 Å². The van der Waals surface area contributed by atoms with Gasteiger partial charge in [0.15, 0.2) is 0 Å². The highest BCUT2D eigenvalue weighted by atomic mass is 16.4. The standard InChI is InChI=1S/C13H18O2.C11H17N/c1-9(2)8-11-4-6-12(7-5-11)10(3)13(14)15;1-9(2)11(8-12)10-6-4-3-5-7-10/h4-7,9-10H,8H2,1-3H3,(H,14,15);3-7,9,11H,8,12H2,1-2H3/t;11-/m.1/s1. The maximum Gasteiger partial charge on any atom is 0.0811 e. The molecule has 0 aliphatic heterocycles. The molecule has 1 unspecified atom stereocenters. The molecule has 0 amide bonds. The summed E-state index contributed by atoms with van der Waals surface area (Å²) in [5, 5.41) is 10.7. The summed E-state index contributed by atoms with van der Waals surface area (Å²) < 4.78 is 0. The second-order valence-electron chi connectivity index (χ2n) is 7.93. The van der Waals surface area contributed by atoms with Gasteiger partial charge in [-0.05, 0) is 34.9 Å². The lowest BCUT2D eigenvalue weighted by Crippen LogP contribution is -2.53. The van der Waals surface area contributed by atoms with E-state index >= 15 is 0 Å². The van der Waals surface area contributed by atoms with E-state index in [1.54, 1.807) is 6.92 Å². The predicted molar refractivity (Wildman–Crippen MR) is 110 cm³/mol. The van der Waals surface area contributed by atoms with Crippen molar-refractivity contribution in [2.75, 3.05) is 6.54 Å². The number of carboxylic acid groups (broad SMARTS) is 1. The molecule has 3 nitrogen and oxygen atoms in total. The second kappa shape index (κ2) is 11.6. The molecule has 0 aliphatic rings. The molecule has 2 aromatic rings. The molecule has 0 radical (unpaired) electrons. The van der Waals surface area contributed by atoms with E-state index in [2.05, 4.69) is 63.8 Å². The summed E-state index contributed by atoms with van der Waals surface area (Å²) in [6.07, 6.45) is 1.03. The van der Waals surface area contributed by atoms with Gasteiger partial charge in [0.05, 0.1) is 6.54 Å². The number of hydrogen-bond acceptors (Lipinski definition) is 2. The van der Waals surface area contributed by atoms with E-state index in [0.29, 0.717) is 17.8 Å². The van der Waals surface area contributed by atoms with E-state index in [9.17, 15) is 9.90 Å². The number of benzene rings is 2. The fourth-order valence-electron chi connectivity index (χ4n) is 3.14. The van der Waals surface area contributed by atoms with Gasteiger partial charge in [0.1, 0.15) is 0 Å². The van der Waals surface area contributed by atoms with Gasteiger partial charge < -0.3 is 15.6 Å². The van der Waals surface area contributed by atoms with Gasteiger partial charge in [-0.3, -0.25) is 0 Å². The van der Waals surface area contributed by atoms with Gasteiger partial charge in [0.2, 0.25) is 0 Å². The molecule has 27 heavy (non-hydrogen) atoms. The van der Waals surface area contributed by atoms with E-state index in [-0.39, 0.29) is 0 Å². The van der Waals surface area contributed by atoms with Gasteiger partial charge in [0, 0.05) is 17.8 Å². The second-order valence-corrected chi connectivity index (χ2v) is 7.93. The topological polar surface area (TPSA) is 67.8 Å². The fourth-order valence-corrected chi connectivity index (χ4v) is 3.14. The predicted octanol–water partition coefficient (Wildman–Crippen LogP) is 3.41. The van der Waals surface area contributed by atoms with Crippen molar-refractivity contribution in [3.63, 3.8) is 0 Å². The Morgan fingerprint density at radius 2 is 1.44 bits per heavy atom. The summed E-state index contributed by atoms with van der Waals surface area (Å²) in [6, 6.07) is 18.4. The first-order valence-corrected chi connectivity index (χ1v) is 9.90. The van der Waals surface area contributed by atoms with Crippen LogP contribution in [0, 0.1) is 11.8 Å². The number of carbonyl (C=O) groups is 1. The molecule has 0 saturated carbocycles. The van der Waals surface area contributed by atoms with Crippen LogP contribution in [0.25, 0.3) is 0 Å². The van der Waals surface area contributed by atoms with Crippen molar-refractivity contribution < 1.29 is 15.6 Å². The van der Waals surface area contributed by atoms with Crippen molar-refractivity contribution >= 4 is 5.97 Å². The smallest absolute Gasteiger partial charge is 0.0811 e. The molecule has 0 fully saturated rings. The zero-order valence-corrected chi connectivity index (χ0v) is 17.4. The molecule has 148 valence electrons. The van der Waals surface area contributed by atoms with Crippen molar-refractivity contribution in [2.24, 2.45) is 11.8 Å². The number of hydrogen-bond donors (Lipinski definition) is 1. The summed E-state index contributed by atoms with van der Waals surface area (Å²) in [7, 11) is 0. The normalized spacial score (nSPS) is 13.0. The molecule has 2 rings (SSSR count). The molecular formula is C24H35NO2. The maximum atomic E-state index is 10.7. The fraction of sp³-hybridized carbons (Fsp3) is 0.458. The Hall–Kier alpha value is -2.13. The summed E-state index contributed by atoms with van der Waals surface area (Å²) in [5.41, 5.74) is 7.46. The Kier molecular flexibility index (Phi) is 9.81. The van der Waals surface area contributed by atoms with E-state index in [4.69, 9.17) is 0 Å². The monoisotopic (exact) mass is 369 g/mol. The lowest BCUT2D eigenvalue weighted by Gasteiger charge is -2.16. The Bertz CT molecular complexity index is 663. The SMILES string of the molecule is CC(C)Cc1ccc(C(C)C(=O)[O-])cc1.CC(C)[C@@H](C[NH3+])c1ccccc1. The number of aliphatic carboxylic acids is 1. The maximum absolute atomic E-state index is 10.7. The van der Waals surface area contributed by atoms with Crippen molar-refractivity contribution in [3.05, 3.63) is 71.3 Å². The summed E-state index contributed by atoms with van der Waals surface area (Å²) in [5.74, 6) is 0.371. The van der Waals surface area contributed by atoms with Gasteiger partial charge >= 0.3 is 0 Å². The molecule has 0 saturated heterocycles. The molecule has 0 bridgehead atoms. The van der Waals surface area contributed by atoms with Crippen LogP contribution in [0.15, 0.2) is 54.6 Å². The van der Waals surface area contributed by atoms with Gasteiger partial charge in [-0.15, -0.1) is 0 Å². The molecule has 0 aromatic heterocycles. The Morgan fingerprint density at radius 3 is 1.85 bits per heavy atom. The molecule has 0 aliphatic carbocycles. The third-order valence-electron chi connectivity index (χ3n) is 4.82. The molecule has 3 heteroatoms. The van der Waals surface area contributed by atoms with Crippen molar-refractivity contribution in [1.29, 1.82) is 0 Å². The molecule has 3 N–H and O–H groups in total. The van der Waals surface area contributed by atoms with Crippen LogP contribution in [0.5, 0.6) is 0 Å². The highest BCUT2D eigenvalue weighted by molar-refractivity contribution is 5.73. The van der Waals surface area contributed by atoms with Crippen LogP contribution in [0.4, 0.5) is 0 Å². The van der Waals surface area contributed by atoms with Crippen LogP contribution in [-0.2, 0) is 11.2 Å². The zero-order chi connectivity index (χ0) is 20.4. The van der Waals surface area contributed by atoms with Crippen LogP contribution in [0.2, 0.25) is 0 Å². The molecule has 2 atom stereocenters. The quantitative estimate of drug-likeness (QED) is 0.813. The average Bonchev–Trinajstić information content (AvgIpc) is 2.63. The highest BCUT2D eigenvalue weighted by Crippen LogP contribution is 2.21. The van der Waals surface area contributed by atoms with Crippen LogP contribution < -0.4 is 10.8 Å². The summed E-state index contributed by atoms with van der Waals surface area (Å²) in [6.45, 7) is 11.5. The highest BCUT2D eigenvalue weighted by Gasteiger charge is 2.14. The van der Waals surface area contributed by atoms with Crippen LogP contribution in [-0.4, -0.2) is 12.5 Å². The number of quaternary nitrogens is 1. The van der Waals surface area contributed by atoms with Gasteiger partial charge in [-0.2, -0.15) is 0 Å². The minimum Gasteiger partial charge on any atom is -0.550 e. The number of rotatable bonds is 7. The lowest BCUT2D eigenvalue weighted by molar-refractivity contribution is -0.374. The number of carbonyl (C=O) groups excluding carboxylic acids is 1. The third kappa shape index (κ3) is 7.96. The molecule has 0 spiro atoms. The van der Waals surface area contributed by atoms with Crippen molar-refractivity contribution in [1.82, 2.24) is 0 Å². The first-order chi connectivity index (χ1) is 12.8. The van der Waals surface area contributed by atoms with Crippen molar-refractivity contribution in [2.45, 2.75) is 52.9 Å². The summed E-state index contributed by atoms with van der Waals surface area (Å²) in [4.78, 5) is 10.7. The van der Waals surface area contributed by atoms with E-state index in [1.807, 2.05) is 24.3 Å². The first kappa shape index (κ1) is 22.9. The first-order valence-electron chi connectivity index (χ1n) is 9.90. The molecule has 0 heterocycles. The molecular weight excluding hydrogens is 334 g/mol. The third-order valence-corrected chi connectivity index (χ3v) is 4.82. The van der Waals surface area contributed by atoms with Gasteiger partial charge in [0.25, 0.3) is 0 Å². The lowest BCUT2D eigenvalue weighted by atomic mass is 9.89. The van der Waals surface area contributed by atoms with Crippen LogP contribution >= 0.6 is 0 Å². The van der Waals surface area contributed by atoms with E-state index < -0.39 is 11.9 Å². The van der Waals surface area contributed by atoms with Crippen LogP contribution in [0.1, 0.15) is 63.1 Å². The van der Waals surface area contributed by atoms with Crippen LogP contribution in [0.3, 0.4) is 0 Å². The Balaban J connectivity index is 0.000000277. The minimum atomic E-state index is -1.02.